The van der Waals surface area contributed by atoms with Crippen molar-refractivity contribution >= 4 is 5.78 Å². The number of rotatable bonds is 2. The van der Waals surface area contributed by atoms with Crippen LogP contribution in [0.25, 0.3) is 0 Å². The Hall–Kier alpha value is -0.670. The van der Waals surface area contributed by atoms with E-state index in [4.69, 9.17) is 0 Å². The maximum Gasteiger partial charge on any atom is 0.139 e. The first-order valence-electron chi connectivity index (χ1n) is 12.5. The minimum atomic E-state index is -0.179. The normalized spacial score (nSPS) is 49.6. The average molecular weight is 400 g/mol. The third-order valence-electron chi connectivity index (χ3n) is 10.5. The minimum absolute atomic E-state index is 0.0847. The van der Waals surface area contributed by atoms with Crippen molar-refractivity contribution in [2.45, 2.75) is 90.6 Å². The number of piperidine rings is 1. The molecule has 0 bridgehead atoms. The van der Waals surface area contributed by atoms with Gasteiger partial charge in [-0.2, -0.15) is 0 Å². The summed E-state index contributed by atoms with van der Waals surface area (Å²) in [6, 6.07) is 0. The predicted octanol–water partition coefficient (Wildman–Crippen LogP) is 4.89. The number of carbonyl (C=O) groups excluding carboxylic acids is 1. The van der Waals surface area contributed by atoms with Crippen LogP contribution in [0.5, 0.6) is 0 Å². The largest absolute Gasteiger partial charge is 0.393 e. The van der Waals surface area contributed by atoms with Crippen molar-refractivity contribution in [3.05, 3.63) is 11.6 Å². The molecule has 3 heteroatoms. The molecule has 1 saturated heterocycles. The monoisotopic (exact) mass is 399 g/mol. The molecule has 7 atom stereocenters. The van der Waals surface area contributed by atoms with Crippen molar-refractivity contribution in [2.75, 3.05) is 13.1 Å². The molecule has 4 unspecified atom stereocenters. The maximum absolute atomic E-state index is 12.6. The van der Waals surface area contributed by atoms with Crippen LogP contribution in [0.1, 0.15) is 84.5 Å². The Morgan fingerprint density at radius 2 is 1.83 bits per heavy atom. The Bertz CT molecular complexity index is 680. The summed E-state index contributed by atoms with van der Waals surface area (Å²) in [5.74, 6) is 3.60. The van der Waals surface area contributed by atoms with E-state index in [1.54, 1.807) is 5.57 Å². The molecule has 29 heavy (non-hydrogen) atoms. The molecule has 0 aromatic rings. The third kappa shape index (κ3) is 3.26. The Morgan fingerprint density at radius 3 is 2.62 bits per heavy atom. The van der Waals surface area contributed by atoms with Crippen LogP contribution in [0.2, 0.25) is 0 Å². The molecule has 4 saturated carbocycles. The Labute approximate surface area is 177 Å². The van der Waals surface area contributed by atoms with E-state index in [2.05, 4.69) is 25.2 Å². The molecule has 0 spiro atoms. The summed E-state index contributed by atoms with van der Waals surface area (Å²) in [6.07, 6.45) is 14.9. The van der Waals surface area contributed by atoms with Crippen molar-refractivity contribution < 1.29 is 9.90 Å². The molecular weight excluding hydrogens is 358 g/mol. The first-order valence-corrected chi connectivity index (χ1v) is 12.5. The second-order valence-electron chi connectivity index (χ2n) is 11.7. The Kier molecular flexibility index (Phi) is 5.22. The number of aliphatic hydroxyl groups excluding tert-OH is 1. The van der Waals surface area contributed by atoms with Crippen LogP contribution in [0.15, 0.2) is 11.6 Å². The second-order valence-corrected chi connectivity index (χ2v) is 11.7. The average Bonchev–Trinajstić information content (AvgIpc) is 3.03. The molecule has 2 N–H and O–H groups in total. The highest BCUT2D eigenvalue weighted by Gasteiger charge is 2.61. The van der Waals surface area contributed by atoms with Gasteiger partial charge in [0.25, 0.3) is 0 Å². The highest BCUT2D eigenvalue weighted by molar-refractivity contribution is 5.87. The van der Waals surface area contributed by atoms with Crippen molar-refractivity contribution in [3.8, 4) is 0 Å². The van der Waals surface area contributed by atoms with Crippen molar-refractivity contribution in [1.29, 1.82) is 0 Å². The molecule has 3 nitrogen and oxygen atoms in total. The van der Waals surface area contributed by atoms with Crippen LogP contribution < -0.4 is 5.32 Å². The Morgan fingerprint density at radius 1 is 1.03 bits per heavy atom. The van der Waals surface area contributed by atoms with Gasteiger partial charge in [-0.05, 0) is 112 Å². The number of allylic oxidation sites excluding steroid dienone is 2. The first kappa shape index (κ1) is 20.2. The molecule has 1 aliphatic heterocycles. The van der Waals surface area contributed by atoms with E-state index in [9.17, 15) is 9.90 Å². The third-order valence-corrected chi connectivity index (χ3v) is 10.5. The van der Waals surface area contributed by atoms with Crippen LogP contribution >= 0.6 is 0 Å². The predicted molar refractivity (Wildman–Crippen MR) is 116 cm³/mol. The van der Waals surface area contributed by atoms with Crippen molar-refractivity contribution in [2.24, 2.45) is 40.4 Å². The molecule has 162 valence electrons. The van der Waals surface area contributed by atoms with Gasteiger partial charge in [-0.1, -0.05) is 25.5 Å². The number of hydrogen-bond acceptors (Lipinski definition) is 3. The van der Waals surface area contributed by atoms with E-state index in [0.29, 0.717) is 29.5 Å². The number of ketones is 1. The molecule has 5 aliphatic rings. The smallest absolute Gasteiger partial charge is 0.139 e. The molecule has 0 aromatic carbocycles. The zero-order valence-electron chi connectivity index (χ0n) is 18.6. The highest BCUT2D eigenvalue weighted by Crippen LogP contribution is 2.65. The fraction of sp³-hybridized carbons (Fsp3) is 0.885. The zero-order valence-corrected chi connectivity index (χ0v) is 18.6. The molecule has 1 heterocycles. The lowest BCUT2D eigenvalue weighted by atomic mass is 9.44. The van der Waals surface area contributed by atoms with Crippen molar-refractivity contribution in [3.63, 3.8) is 0 Å². The standard InChI is InChI=1S/C26H41NO2/c1-25-11-7-18(4-3-17-9-13-27-14-10-17)15-22(25)23(28)16-19-20-5-6-24(29)26(20,2)12-8-21(19)25/h4,17,19-23,27-28H,3,5-16H2,1-2H3/b18-4+/t19?,20?,21?,22?,23-,25+,26-/m0/s1. The SMILES string of the molecule is C[C@]12CC/C(=C\CC3CCNCC3)CC1[C@@H](O)CC1C2CC[C@]2(C)C(=O)CCC12. The van der Waals surface area contributed by atoms with E-state index < -0.39 is 0 Å². The van der Waals surface area contributed by atoms with Gasteiger partial charge in [0.05, 0.1) is 6.10 Å². The topological polar surface area (TPSA) is 49.3 Å². The van der Waals surface area contributed by atoms with Crippen LogP contribution in [-0.4, -0.2) is 30.1 Å². The number of hydrogen-bond donors (Lipinski definition) is 2. The van der Waals surface area contributed by atoms with Crippen molar-refractivity contribution in [1.82, 2.24) is 5.32 Å². The van der Waals surface area contributed by atoms with E-state index in [1.165, 1.54) is 51.6 Å². The lowest BCUT2D eigenvalue weighted by molar-refractivity contribution is -0.155. The lowest BCUT2D eigenvalue weighted by Crippen LogP contribution is -2.57. The minimum Gasteiger partial charge on any atom is -0.393 e. The van der Waals surface area contributed by atoms with Gasteiger partial charge < -0.3 is 10.4 Å². The number of carbonyl (C=O) groups is 1. The summed E-state index contributed by atoms with van der Waals surface area (Å²) in [4.78, 5) is 12.6. The lowest BCUT2D eigenvalue weighted by Gasteiger charge is -2.61. The van der Waals surface area contributed by atoms with Gasteiger partial charge in [-0.3, -0.25) is 4.79 Å². The van der Waals surface area contributed by atoms with Crippen LogP contribution in [0.4, 0.5) is 0 Å². The Balaban J connectivity index is 1.32. The van der Waals surface area contributed by atoms with Crippen LogP contribution in [0, 0.1) is 40.4 Å². The van der Waals surface area contributed by atoms with Crippen LogP contribution in [-0.2, 0) is 4.79 Å². The van der Waals surface area contributed by atoms with Gasteiger partial charge in [-0.25, -0.2) is 0 Å². The number of nitrogens with one attached hydrogen (secondary N) is 1. The summed E-state index contributed by atoms with van der Waals surface area (Å²) in [7, 11) is 0. The molecule has 5 fully saturated rings. The van der Waals surface area contributed by atoms with E-state index in [0.717, 1.165) is 38.0 Å². The van der Waals surface area contributed by atoms with Gasteiger partial charge in [0.15, 0.2) is 0 Å². The molecule has 0 radical (unpaired) electrons. The van der Waals surface area contributed by atoms with E-state index >= 15 is 0 Å². The van der Waals surface area contributed by atoms with E-state index in [1.807, 2.05) is 0 Å². The number of fused-ring (bicyclic) bond motifs is 5. The van der Waals surface area contributed by atoms with Gasteiger partial charge >= 0.3 is 0 Å². The fourth-order valence-corrected chi connectivity index (χ4v) is 8.55. The summed E-state index contributed by atoms with van der Waals surface area (Å²) in [5, 5.41) is 14.8. The fourth-order valence-electron chi connectivity index (χ4n) is 8.55. The van der Waals surface area contributed by atoms with E-state index in [-0.39, 0.29) is 16.9 Å². The summed E-state index contributed by atoms with van der Waals surface area (Å²) >= 11 is 0. The summed E-state index contributed by atoms with van der Waals surface area (Å²) in [6.45, 7) is 7.10. The maximum atomic E-state index is 12.6. The number of aliphatic hydroxyl groups is 1. The molecule has 0 aromatic heterocycles. The molecule has 0 amide bonds. The van der Waals surface area contributed by atoms with Gasteiger partial charge in [0, 0.05) is 11.8 Å². The quantitative estimate of drug-likeness (QED) is 0.650. The molecule has 5 rings (SSSR count). The molecular formula is C26H41NO2. The van der Waals surface area contributed by atoms with Gasteiger partial charge in [-0.15, -0.1) is 0 Å². The first-order chi connectivity index (χ1) is 13.9. The second kappa shape index (κ2) is 7.48. The summed E-state index contributed by atoms with van der Waals surface area (Å²) in [5.41, 5.74) is 1.81. The zero-order chi connectivity index (χ0) is 20.2. The van der Waals surface area contributed by atoms with Crippen LogP contribution in [0.3, 0.4) is 0 Å². The highest BCUT2D eigenvalue weighted by atomic mass is 16.3. The summed E-state index contributed by atoms with van der Waals surface area (Å²) < 4.78 is 0. The van der Waals surface area contributed by atoms with Gasteiger partial charge in [0.2, 0.25) is 0 Å². The molecule has 4 aliphatic carbocycles. The van der Waals surface area contributed by atoms with Gasteiger partial charge in [0.1, 0.15) is 5.78 Å². The number of Topliss-reactive ketones (excluding diaryl/α,β-unsaturated/α-hetero) is 1.